The number of benzene rings is 1. The molecule has 3 heterocycles. The Morgan fingerprint density at radius 1 is 1.22 bits per heavy atom. The molecule has 0 amide bonds. The molecule has 2 aliphatic heterocycles. The summed E-state index contributed by atoms with van der Waals surface area (Å²) in [5, 5.41) is 0.944. The van der Waals surface area contributed by atoms with E-state index < -0.39 is 0 Å². The molecule has 122 valence electrons. The summed E-state index contributed by atoms with van der Waals surface area (Å²) in [5.41, 5.74) is 1.63. The summed E-state index contributed by atoms with van der Waals surface area (Å²) in [7, 11) is 0. The van der Waals surface area contributed by atoms with Crippen molar-refractivity contribution >= 4 is 16.9 Å². The molecule has 1 aromatic heterocycles. The number of hydrogen-bond donors (Lipinski definition) is 1. The van der Waals surface area contributed by atoms with Gasteiger partial charge in [0.2, 0.25) is 0 Å². The zero-order valence-electron chi connectivity index (χ0n) is 13.5. The van der Waals surface area contributed by atoms with Crippen molar-refractivity contribution in [3.63, 3.8) is 0 Å². The van der Waals surface area contributed by atoms with Crippen LogP contribution in [0.2, 0.25) is 0 Å². The van der Waals surface area contributed by atoms with Gasteiger partial charge in [0.1, 0.15) is 0 Å². The third kappa shape index (κ3) is 3.00. The molecule has 2 aliphatic rings. The molecule has 2 fully saturated rings. The molecule has 2 unspecified atom stereocenters. The number of ether oxygens (including phenoxy) is 1. The highest BCUT2D eigenvalue weighted by Crippen LogP contribution is 2.30. The molecule has 0 radical (unpaired) electrons. The number of aromatic amines is 1. The molecule has 0 bridgehead atoms. The number of nitrogens with one attached hydrogen (secondary N) is 1. The van der Waals surface area contributed by atoms with Gasteiger partial charge in [-0.1, -0.05) is 24.6 Å². The number of esters is 1. The van der Waals surface area contributed by atoms with E-state index in [1.54, 1.807) is 6.20 Å². The van der Waals surface area contributed by atoms with Crippen LogP contribution in [-0.4, -0.2) is 41.6 Å². The maximum Gasteiger partial charge on any atom is 0.340 e. The van der Waals surface area contributed by atoms with Gasteiger partial charge < -0.3 is 14.6 Å². The van der Waals surface area contributed by atoms with Gasteiger partial charge in [0.15, 0.2) is 0 Å². The van der Waals surface area contributed by atoms with Crippen LogP contribution in [0.15, 0.2) is 30.5 Å². The highest BCUT2D eigenvalue weighted by atomic mass is 16.5. The monoisotopic (exact) mass is 312 g/mol. The van der Waals surface area contributed by atoms with Crippen LogP contribution in [0.3, 0.4) is 0 Å². The number of H-pyrrole nitrogens is 1. The minimum absolute atomic E-state index is 0.200. The van der Waals surface area contributed by atoms with Gasteiger partial charge in [-0.25, -0.2) is 4.79 Å². The van der Waals surface area contributed by atoms with E-state index in [1.807, 2.05) is 24.3 Å². The second kappa shape index (κ2) is 6.36. The number of carbonyl (C=O) groups is 1. The number of para-hydroxylation sites is 1. The number of hydrogen-bond acceptors (Lipinski definition) is 3. The largest absolute Gasteiger partial charge is 0.462 e. The molecule has 4 rings (SSSR count). The van der Waals surface area contributed by atoms with Crippen molar-refractivity contribution in [2.24, 2.45) is 5.92 Å². The van der Waals surface area contributed by atoms with Crippen molar-refractivity contribution in [2.45, 2.75) is 38.1 Å². The summed E-state index contributed by atoms with van der Waals surface area (Å²) in [6.45, 7) is 2.98. The van der Waals surface area contributed by atoms with E-state index in [2.05, 4.69) is 9.88 Å². The zero-order valence-corrected chi connectivity index (χ0v) is 13.5. The lowest BCUT2D eigenvalue weighted by molar-refractivity contribution is 0.0235. The van der Waals surface area contributed by atoms with Gasteiger partial charge in [-0.15, -0.1) is 0 Å². The predicted octanol–water partition coefficient (Wildman–Crippen LogP) is 3.59. The summed E-state index contributed by atoms with van der Waals surface area (Å²) < 4.78 is 5.64. The van der Waals surface area contributed by atoms with Crippen LogP contribution in [0.1, 0.15) is 42.5 Å². The highest BCUT2D eigenvalue weighted by Gasteiger charge is 2.30. The van der Waals surface area contributed by atoms with E-state index in [0.717, 1.165) is 17.3 Å². The number of piperidine rings is 2. The van der Waals surface area contributed by atoms with Crippen LogP contribution in [0.5, 0.6) is 0 Å². The Bertz CT molecular complexity index is 693. The van der Waals surface area contributed by atoms with Crippen LogP contribution >= 0.6 is 0 Å². The third-order valence-corrected chi connectivity index (χ3v) is 5.44. The average Bonchev–Trinajstić information content (AvgIpc) is 3.03. The predicted molar refractivity (Wildman–Crippen MR) is 90.5 cm³/mol. The fourth-order valence-corrected chi connectivity index (χ4v) is 4.14. The average molecular weight is 312 g/mol. The van der Waals surface area contributed by atoms with Gasteiger partial charge in [-0.3, -0.25) is 0 Å². The smallest absolute Gasteiger partial charge is 0.340 e. The zero-order chi connectivity index (χ0) is 15.6. The van der Waals surface area contributed by atoms with Gasteiger partial charge in [-0.05, 0) is 50.8 Å². The summed E-state index contributed by atoms with van der Waals surface area (Å²) in [4.78, 5) is 18.2. The van der Waals surface area contributed by atoms with Crippen LogP contribution in [0.25, 0.3) is 10.9 Å². The van der Waals surface area contributed by atoms with Crippen molar-refractivity contribution < 1.29 is 9.53 Å². The Kier molecular flexibility index (Phi) is 4.08. The van der Waals surface area contributed by atoms with Crippen LogP contribution in [-0.2, 0) is 4.74 Å². The van der Waals surface area contributed by atoms with Crippen molar-refractivity contribution in [1.29, 1.82) is 0 Å². The molecule has 2 saturated heterocycles. The maximum atomic E-state index is 12.4. The Morgan fingerprint density at radius 2 is 2.13 bits per heavy atom. The van der Waals surface area contributed by atoms with Crippen LogP contribution in [0, 0.1) is 5.92 Å². The van der Waals surface area contributed by atoms with Gasteiger partial charge in [-0.2, -0.15) is 0 Å². The van der Waals surface area contributed by atoms with Crippen LogP contribution < -0.4 is 0 Å². The lowest BCUT2D eigenvalue weighted by atomic mass is 9.86. The number of aromatic nitrogens is 1. The molecule has 1 N–H and O–H groups in total. The SMILES string of the molecule is O=C(OCC1CCN2CCCCC2C1)c1c[nH]c2ccccc12. The molecule has 0 saturated carbocycles. The van der Waals surface area contributed by atoms with E-state index in [0.29, 0.717) is 24.1 Å². The minimum atomic E-state index is -0.200. The van der Waals surface area contributed by atoms with Gasteiger partial charge in [0.25, 0.3) is 0 Å². The molecule has 1 aromatic carbocycles. The molecule has 4 heteroatoms. The Morgan fingerprint density at radius 3 is 3.09 bits per heavy atom. The first-order chi connectivity index (χ1) is 11.3. The first-order valence-corrected chi connectivity index (χ1v) is 8.78. The molecular weight excluding hydrogens is 288 g/mol. The summed E-state index contributed by atoms with van der Waals surface area (Å²) >= 11 is 0. The summed E-state index contributed by atoms with van der Waals surface area (Å²) in [5.74, 6) is 0.317. The highest BCUT2D eigenvalue weighted by molar-refractivity contribution is 6.03. The van der Waals surface area contributed by atoms with Crippen molar-refractivity contribution in [2.75, 3.05) is 19.7 Å². The van der Waals surface area contributed by atoms with E-state index in [-0.39, 0.29) is 5.97 Å². The lowest BCUT2D eigenvalue weighted by Crippen LogP contribution is -2.46. The molecule has 4 nitrogen and oxygen atoms in total. The molecular formula is C19H24N2O2. The Labute approximate surface area is 136 Å². The molecule has 0 spiro atoms. The molecule has 2 atom stereocenters. The fraction of sp³-hybridized carbons (Fsp3) is 0.526. The molecule has 23 heavy (non-hydrogen) atoms. The Balaban J connectivity index is 1.36. The number of nitrogens with zero attached hydrogens (tertiary/aromatic N) is 1. The maximum absolute atomic E-state index is 12.4. The second-order valence-corrected chi connectivity index (χ2v) is 6.92. The van der Waals surface area contributed by atoms with Gasteiger partial charge in [0.05, 0.1) is 12.2 Å². The first-order valence-electron chi connectivity index (χ1n) is 8.78. The summed E-state index contributed by atoms with van der Waals surface area (Å²) in [6.07, 6.45) is 8.10. The first kappa shape index (κ1) is 14.8. The number of rotatable bonds is 3. The lowest BCUT2D eigenvalue weighted by Gasteiger charge is -2.42. The van der Waals surface area contributed by atoms with E-state index in [1.165, 1.54) is 38.8 Å². The topological polar surface area (TPSA) is 45.3 Å². The quantitative estimate of drug-likeness (QED) is 0.881. The van der Waals surface area contributed by atoms with Gasteiger partial charge >= 0.3 is 5.97 Å². The normalized spacial score (nSPS) is 25.2. The van der Waals surface area contributed by atoms with Crippen molar-refractivity contribution in [3.8, 4) is 0 Å². The number of fused-ring (bicyclic) bond motifs is 2. The molecule has 0 aliphatic carbocycles. The van der Waals surface area contributed by atoms with E-state index in [4.69, 9.17) is 4.74 Å². The number of carbonyl (C=O) groups excluding carboxylic acids is 1. The molecule has 2 aromatic rings. The standard InChI is InChI=1S/C19H24N2O2/c22-19(17-12-20-18-7-2-1-6-16(17)18)23-13-14-8-10-21-9-4-3-5-15(21)11-14/h1-2,6-7,12,14-15,20H,3-5,8-11,13H2. The third-order valence-electron chi connectivity index (χ3n) is 5.44. The van der Waals surface area contributed by atoms with E-state index >= 15 is 0 Å². The van der Waals surface area contributed by atoms with E-state index in [9.17, 15) is 4.79 Å². The van der Waals surface area contributed by atoms with Crippen molar-refractivity contribution in [1.82, 2.24) is 9.88 Å². The fourth-order valence-electron chi connectivity index (χ4n) is 4.14. The van der Waals surface area contributed by atoms with Crippen LogP contribution in [0.4, 0.5) is 0 Å². The minimum Gasteiger partial charge on any atom is -0.462 e. The Hall–Kier alpha value is -1.81. The van der Waals surface area contributed by atoms with Crippen molar-refractivity contribution in [3.05, 3.63) is 36.0 Å². The second-order valence-electron chi connectivity index (χ2n) is 6.92. The summed E-state index contributed by atoms with van der Waals surface area (Å²) in [6, 6.07) is 8.57. The van der Waals surface area contributed by atoms with Gasteiger partial charge in [0, 0.05) is 23.1 Å².